The van der Waals surface area contributed by atoms with Gasteiger partial charge in [0.25, 0.3) is 0 Å². The Bertz CT molecular complexity index is 1070. The van der Waals surface area contributed by atoms with Crippen molar-refractivity contribution in [3.05, 3.63) is 63.2 Å². The molecule has 3 rings (SSSR count). The number of hydrogen-bond acceptors (Lipinski definition) is 6. The Morgan fingerprint density at radius 2 is 2.03 bits per heavy atom. The minimum atomic E-state index is -0.513. The van der Waals surface area contributed by atoms with Gasteiger partial charge >= 0.3 is 5.97 Å². The first-order chi connectivity index (χ1) is 15.8. The van der Waals surface area contributed by atoms with Gasteiger partial charge in [0.05, 0.1) is 7.11 Å². The van der Waals surface area contributed by atoms with Crippen LogP contribution in [-0.4, -0.2) is 36.4 Å². The average molecular weight is 490 g/mol. The molecule has 33 heavy (non-hydrogen) atoms. The van der Waals surface area contributed by atoms with Crippen molar-refractivity contribution in [1.29, 1.82) is 0 Å². The van der Waals surface area contributed by atoms with E-state index >= 15 is 0 Å². The number of rotatable bonds is 10. The molecule has 2 aromatic carbocycles. The van der Waals surface area contributed by atoms with Crippen LogP contribution < -0.4 is 10.1 Å². The maximum absolute atomic E-state index is 12.2. The number of phenols is 1. The normalized spacial score (nSPS) is 13.0. The Morgan fingerprint density at radius 3 is 2.73 bits per heavy atom. The minimum absolute atomic E-state index is 0.00370. The van der Waals surface area contributed by atoms with Crippen molar-refractivity contribution >= 4 is 35.2 Å². The largest absolute Gasteiger partial charge is 0.507 e. The summed E-state index contributed by atoms with van der Waals surface area (Å²) in [7, 11) is 1.54. The van der Waals surface area contributed by atoms with Crippen molar-refractivity contribution in [3.8, 4) is 11.5 Å². The minimum Gasteiger partial charge on any atom is -0.507 e. The molecule has 0 saturated carbocycles. The van der Waals surface area contributed by atoms with Crippen molar-refractivity contribution in [2.24, 2.45) is 0 Å². The van der Waals surface area contributed by atoms with Crippen LogP contribution in [0.1, 0.15) is 46.8 Å². The van der Waals surface area contributed by atoms with E-state index in [9.17, 15) is 14.7 Å². The smallest absolute Gasteiger partial charge is 0.342 e. The number of methoxy groups -OCH3 is 1. The summed E-state index contributed by atoms with van der Waals surface area (Å²) in [5.41, 5.74) is 3.27. The number of hydrogen-bond donors (Lipinski definition) is 2. The summed E-state index contributed by atoms with van der Waals surface area (Å²) in [6.07, 6.45) is 3.33. The fraction of sp³-hybridized carbons (Fsp3) is 0.360. The number of benzene rings is 2. The summed E-state index contributed by atoms with van der Waals surface area (Å²) >= 11 is 7.54. The molecule has 0 fully saturated rings. The van der Waals surface area contributed by atoms with E-state index in [0.29, 0.717) is 47.7 Å². The molecular weight excluding hydrogens is 462 g/mol. The van der Waals surface area contributed by atoms with Crippen LogP contribution in [0.25, 0.3) is 0 Å². The molecule has 0 saturated heterocycles. The van der Waals surface area contributed by atoms with Crippen LogP contribution in [0.3, 0.4) is 0 Å². The average Bonchev–Trinajstić information content (AvgIpc) is 3.19. The van der Waals surface area contributed by atoms with Gasteiger partial charge in [-0.25, -0.2) is 4.79 Å². The fourth-order valence-electron chi connectivity index (χ4n) is 3.70. The maximum atomic E-state index is 12.2. The highest BCUT2D eigenvalue weighted by molar-refractivity contribution is 7.99. The standard InChI is InChI=1S/C25H28ClNO5S/c1-15(5-11-21(28)27-12-13-33-18-8-6-17(26)7-9-18)4-10-19-23(29)22-20(14-32-25(22)30)16(2)24(19)31-3/h4,6-9,29H,5,10-14H2,1-3H3,(H,27,28)/b15-4+. The number of thioether (sulfide) groups is 1. The van der Waals surface area contributed by atoms with E-state index in [4.69, 9.17) is 21.1 Å². The number of halogens is 1. The van der Waals surface area contributed by atoms with Crippen LogP contribution in [0.2, 0.25) is 5.02 Å². The lowest BCUT2D eigenvalue weighted by atomic mass is 9.94. The van der Waals surface area contributed by atoms with Crippen LogP contribution in [-0.2, 0) is 22.6 Å². The molecule has 2 N–H and O–H groups in total. The molecule has 176 valence electrons. The number of fused-ring (bicyclic) bond motifs is 1. The summed E-state index contributed by atoms with van der Waals surface area (Å²) in [6.45, 7) is 4.53. The SMILES string of the molecule is COc1c(C)c2c(c(O)c1C/C=C(\C)CCC(=O)NCCSc1ccc(Cl)cc1)C(=O)OC2. The number of ether oxygens (including phenoxy) is 2. The Kier molecular flexibility index (Phi) is 8.69. The molecule has 0 unspecified atom stereocenters. The summed E-state index contributed by atoms with van der Waals surface area (Å²) in [6, 6.07) is 7.62. The third-order valence-electron chi connectivity index (χ3n) is 5.56. The molecule has 1 aliphatic heterocycles. The first kappa shape index (κ1) is 25.0. The highest BCUT2D eigenvalue weighted by Gasteiger charge is 2.31. The van der Waals surface area contributed by atoms with Crippen molar-refractivity contribution < 1.29 is 24.2 Å². The lowest BCUT2D eigenvalue weighted by molar-refractivity contribution is -0.120. The molecule has 6 nitrogen and oxygen atoms in total. The summed E-state index contributed by atoms with van der Waals surface area (Å²) in [4.78, 5) is 25.3. The number of carbonyl (C=O) groups excluding carboxylic acids is 2. The van der Waals surface area contributed by atoms with Crippen LogP contribution in [0.5, 0.6) is 11.5 Å². The van der Waals surface area contributed by atoms with Crippen LogP contribution in [0.15, 0.2) is 40.8 Å². The van der Waals surface area contributed by atoms with E-state index < -0.39 is 5.97 Å². The maximum Gasteiger partial charge on any atom is 0.342 e. The lowest BCUT2D eigenvalue weighted by Gasteiger charge is -2.15. The summed E-state index contributed by atoms with van der Waals surface area (Å²) in [5.74, 6) is 0.734. The zero-order valence-electron chi connectivity index (χ0n) is 19.0. The number of carbonyl (C=O) groups is 2. The molecule has 0 aromatic heterocycles. The molecule has 2 aromatic rings. The van der Waals surface area contributed by atoms with E-state index in [2.05, 4.69) is 5.32 Å². The third-order valence-corrected chi connectivity index (χ3v) is 6.82. The van der Waals surface area contributed by atoms with Crippen LogP contribution in [0.4, 0.5) is 0 Å². The summed E-state index contributed by atoms with van der Waals surface area (Å²) in [5, 5.41) is 14.3. The molecule has 0 aliphatic carbocycles. The molecule has 0 spiro atoms. The monoisotopic (exact) mass is 489 g/mol. The van der Waals surface area contributed by atoms with Gasteiger partial charge in [0, 0.05) is 39.8 Å². The molecule has 1 heterocycles. The van der Waals surface area contributed by atoms with Gasteiger partial charge in [0.1, 0.15) is 23.7 Å². The highest BCUT2D eigenvalue weighted by Crippen LogP contribution is 2.42. The zero-order valence-corrected chi connectivity index (χ0v) is 20.6. The zero-order chi connectivity index (χ0) is 24.0. The number of cyclic esters (lactones) is 1. The van der Waals surface area contributed by atoms with E-state index in [1.54, 1.807) is 18.9 Å². The second kappa shape index (κ2) is 11.5. The van der Waals surface area contributed by atoms with Gasteiger partial charge in [-0.3, -0.25) is 4.79 Å². The van der Waals surface area contributed by atoms with E-state index in [0.717, 1.165) is 21.8 Å². The van der Waals surface area contributed by atoms with Crippen molar-refractivity contribution in [2.75, 3.05) is 19.4 Å². The number of esters is 1. The second-order valence-corrected chi connectivity index (χ2v) is 9.43. The number of allylic oxidation sites excluding steroid dienone is 2. The van der Waals surface area contributed by atoms with Crippen molar-refractivity contribution in [1.82, 2.24) is 5.32 Å². The van der Waals surface area contributed by atoms with Gasteiger partial charge in [0.15, 0.2) is 0 Å². The van der Waals surface area contributed by atoms with Gasteiger partial charge in [-0.05, 0) is 56.5 Å². The summed E-state index contributed by atoms with van der Waals surface area (Å²) < 4.78 is 10.6. The molecule has 0 bridgehead atoms. The molecule has 1 aliphatic rings. The van der Waals surface area contributed by atoms with E-state index in [1.807, 2.05) is 44.2 Å². The van der Waals surface area contributed by atoms with Crippen molar-refractivity contribution in [2.45, 2.75) is 44.6 Å². The topological polar surface area (TPSA) is 84.9 Å². The predicted octanol–water partition coefficient (Wildman–Crippen LogP) is 5.21. The second-order valence-electron chi connectivity index (χ2n) is 7.82. The fourth-order valence-corrected chi connectivity index (χ4v) is 4.59. The Balaban J connectivity index is 1.50. The van der Waals surface area contributed by atoms with Gasteiger partial charge in [-0.2, -0.15) is 0 Å². The van der Waals surface area contributed by atoms with Gasteiger partial charge < -0.3 is 19.9 Å². The molecular formula is C25H28ClNO5S. The van der Waals surface area contributed by atoms with Gasteiger partial charge in [-0.15, -0.1) is 11.8 Å². The third kappa shape index (κ3) is 6.24. The first-order valence-electron chi connectivity index (χ1n) is 10.7. The molecule has 8 heteroatoms. The lowest BCUT2D eigenvalue weighted by Crippen LogP contribution is -2.25. The number of amides is 1. The number of nitrogens with one attached hydrogen (secondary N) is 1. The van der Waals surface area contributed by atoms with Gasteiger partial charge in [0.2, 0.25) is 5.91 Å². The highest BCUT2D eigenvalue weighted by atomic mass is 35.5. The molecule has 0 atom stereocenters. The number of phenolic OH excluding ortho intramolecular Hbond substituents is 1. The van der Waals surface area contributed by atoms with Gasteiger partial charge in [-0.1, -0.05) is 23.3 Å². The van der Waals surface area contributed by atoms with Crippen LogP contribution >= 0.6 is 23.4 Å². The van der Waals surface area contributed by atoms with E-state index in [1.165, 1.54) is 0 Å². The Morgan fingerprint density at radius 1 is 1.30 bits per heavy atom. The predicted molar refractivity (Wildman–Crippen MR) is 130 cm³/mol. The van der Waals surface area contributed by atoms with E-state index in [-0.39, 0.29) is 23.8 Å². The Labute approximate surface area is 203 Å². The molecule has 1 amide bonds. The first-order valence-corrected chi connectivity index (χ1v) is 12.1. The quantitative estimate of drug-likeness (QED) is 0.206. The Hall–Kier alpha value is -2.64. The van der Waals surface area contributed by atoms with Crippen LogP contribution in [0, 0.1) is 6.92 Å². The van der Waals surface area contributed by atoms with Crippen molar-refractivity contribution in [3.63, 3.8) is 0 Å². The number of aromatic hydroxyl groups is 1. The molecule has 0 radical (unpaired) electrons.